The van der Waals surface area contributed by atoms with E-state index >= 15 is 0 Å². The normalized spacial score (nSPS) is 12.5. The van der Waals surface area contributed by atoms with Gasteiger partial charge in [0, 0.05) is 7.11 Å². The third kappa shape index (κ3) is 3.71. The number of aromatic nitrogens is 2. The molecule has 0 saturated carbocycles. The van der Waals surface area contributed by atoms with Gasteiger partial charge in [0.05, 0.1) is 19.3 Å². The summed E-state index contributed by atoms with van der Waals surface area (Å²) in [4.78, 5) is 11.5. The number of nitrogens with zero attached hydrogens (tertiary/aromatic N) is 2. The summed E-state index contributed by atoms with van der Waals surface area (Å²) in [5.74, 6) is -0.421. The Morgan fingerprint density at radius 2 is 2.47 bits per heavy atom. The van der Waals surface area contributed by atoms with E-state index in [1.54, 1.807) is 0 Å². The third-order valence-electron chi connectivity index (χ3n) is 1.52. The Hall–Kier alpha value is -0.760. The van der Waals surface area contributed by atoms with Crippen LogP contribution in [0.25, 0.3) is 0 Å². The number of carbonyl (C=O) groups is 1. The maximum absolute atomic E-state index is 11.5. The summed E-state index contributed by atoms with van der Waals surface area (Å²) < 4.78 is 5.00. The first-order chi connectivity index (χ1) is 7.17. The lowest BCUT2D eigenvalue weighted by molar-refractivity contribution is 0.0838. The summed E-state index contributed by atoms with van der Waals surface area (Å²) in [5.41, 5.74) is 0. The van der Waals surface area contributed by atoms with Gasteiger partial charge in [-0.25, -0.2) is 0 Å². The summed E-state index contributed by atoms with van der Waals surface area (Å²) in [5, 5.41) is 18.7. The molecule has 0 aliphatic heterocycles. The number of amides is 1. The second-order valence-corrected chi connectivity index (χ2v) is 4.23. The lowest BCUT2D eigenvalue weighted by Crippen LogP contribution is -2.40. The van der Waals surface area contributed by atoms with Crippen LogP contribution in [0.4, 0.5) is 0 Å². The van der Waals surface area contributed by atoms with Crippen LogP contribution < -0.4 is 5.32 Å². The van der Waals surface area contributed by atoms with E-state index in [1.807, 2.05) is 0 Å². The molecule has 0 radical (unpaired) electrons. The van der Waals surface area contributed by atoms with Crippen molar-refractivity contribution in [2.45, 2.75) is 6.04 Å². The Kier molecular flexibility index (Phi) is 4.89. The zero-order valence-corrected chi connectivity index (χ0v) is 9.51. The Balaban J connectivity index is 2.54. The highest BCUT2D eigenvalue weighted by Crippen LogP contribution is 2.14. The molecule has 0 aliphatic carbocycles. The second kappa shape index (κ2) is 5.96. The minimum atomic E-state index is -0.454. The molecule has 1 rings (SSSR count). The van der Waals surface area contributed by atoms with Crippen molar-refractivity contribution in [2.24, 2.45) is 0 Å². The average molecular weight is 252 g/mol. The number of rotatable bonds is 5. The molecular formula is C7H10ClN3O3S. The van der Waals surface area contributed by atoms with E-state index in [9.17, 15) is 4.79 Å². The molecule has 1 atom stereocenters. The molecule has 0 aliphatic rings. The Morgan fingerprint density at radius 3 is 2.93 bits per heavy atom. The number of methoxy groups -OCH3 is 1. The van der Waals surface area contributed by atoms with E-state index in [1.165, 1.54) is 7.11 Å². The first-order valence-electron chi connectivity index (χ1n) is 4.07. The minimum Gasteiger partial charge on any atom is -0.394 e. The molecule has 0 saturated heterocycles. The summed E-state index contributed by atoms with van der Waals surface area (Å²) in [7, 11) is 1.48. The molecule has 1 aromatic heterocycles. The maximum atomic E-state index is 11.5. The molecular weight excluding hydrogens is 242 g/mol. The van der Waals surface area contributed by atoms with E-state index in [2.05, 4.69) is 15.5 Å². The van der Waals surface area contributed by atoms with E-state index in [4.69, 9.17) is 21.4 Å². The number of carbonyl (C=O) groups excluding carboxylic acids is 1. The van der Waals surface area contributed by atoms with Crippen molar-refractivity contribution in [3.63, 3.8) is 0 Å². The summed E-state index contributed by atoms with van der Waals surface area (Å²) in [6.07, 6.45) is 0. The number of ether oxygens (including phenoxy) is 1. The van der Waals surface area contributed by atoms with Crippen LogP contribution in [0.5, 0.6) is 0 Å². The SMILES string of the molecule is COCC(CO)NC(=O)c1nnc(Cl)s1. The third-order valence-corrected chi connectivity index (χ3v) is 2.54. The average Bonchev–Trinajstić information content (AvgIpc) is 2.64. The van der Waals surface area contributed by atoms with Crippen molar-refractivity contribution in [3.8, 4) is 0 Å². The van der Waals surface area contributed by atoms with E-state index < -0.39 is 11.9 Å². The Morgan fingerprint density at radius 1 is 1.73 bits per heavy atom. The smallest absolute Gasteiger partial charge is 0.282 e. The van der Waals surface area contributed by atoms with Gasteiger partial charge in [0.1, 0.15) is 0 Å². The number of nitrogens with one attached hydrogen (secondary N) is 1. The number of hydrogen-bond acceptors (Lipinski definition) is 6. The molecule has 15 heavy (non-hydrogen) atoms. The standard InChI is InChI=1S/C7H10ClN3O3S/c1-14-3-4(2-12)9-5(13)6-10-11-7(8)15-6/h4,12H,2-3H2,1H3,(H,9,13). The van der Waals surface area contributed by atoms with Crippen LogP contribution in [0.15, 0.2) is 0 Å². The van der Waals surface area contributed by atoms with Gasteiger partial charge in [0.25, 0.3) is 5.91 Å². The van der Waals surface area contributed by atoms with Crippen molar-refractivity contribution >= 4 is 28.8 Å². The fourth-order valence-corrected chi connectivity index (χ4v) is 1.62. The van der Waals surface area contributed by atoms with Crippen LogP contribution in [0, 0.1) is 0 Å². The molecule has 1 amide bonds. The van der Waals surface area contributed by atoms with Gasteiger partial charge in [-0.15, -0.1) is 10.2 Å². The Bertz CT molecular complexity index is 333. The van der Waals surface area contributed by atoms with Crippen LogP contribution in [-0.4, -0.2) is 47.6 Å². The van der Waals surface area contributed by atoms with Gasteiger partial charge in [-0.2, -0.15) is 0 Å². The van der Waals surface area contributed by atoms with Crippen molar-refractivity contribution < 1.29 is 14.6 Å². The highest BCUT2D eigenvalue weighted by molar-refractivity contribution is 7.17. The molecule has 0 bridgehead atoms. The lowest BCUT2D eigenvalue weighted by atomic mass is 10.3. The zero-order valence-electron chi connectivity index (χ0n) is 7.94. The molecule has 1 aromatic rings. The van der Waals surface area contributed by atoms with Gasteiger partial charge in [-0.3, -0.25) is 4.79 Å². The van der Waals surface area contributed by atoms with Crippen LogP contribution in [0.1, 0.15) is 9.80 Å². The van der Waals surface area contributed by atoms with Crippen LogP contribution in [0.2, 0.25) is 4.47 Å². The molecule has 84 valence electrons. The fraction of sp³-hybridized carbons (Fsp3) is 0.571. The van der Waals surface area contributed by atoms with Crippen molar-refractivity contribution in [3.05, 3.63) is 9.47 Å². The van der Waals surface area contributed by atoms with Crippen molar-refractivity contribution in [1.82, 2.24) is 15.5 Å². The molecule has 1 heterocycles. The molecule has 0 aromatic carbocycles. The van der Waals surface area contributed by atoms with Gasteiger partial charge in [0.15, 0.2) is 0 Å². The first-order valence-corrected chi connectivity index (χ1v) is 5.26. The van der Waals surface area contributed by atoms with Crippen molar-refractivity contribution in [1.29, 1.82) is 0 Å². The topological polar surface area (TPSA) is 84.3 Å². The number of aliphatic hydroxyl groups excluding tert-OH is 1. The molecule has 0 fully saturated rings. The molecule has 6 nitrogen and oxygen atoms in total. The van der Waals surface area contributed by atoms with Gasteiger partial charge in [-0.1, -0.05) is 11.3 Å². The molecule has 8 heteroatoms. The van der Waals surface area contributed by atoms with Crippen LogP contribution in [0.3, 0.4) is 0 Å². The van der Waals surface area contributed by atoms with Gasteiger partial charge >= 0.3 is 0 Å². The monoisotopic (exact) mass is 251 g/mol. The lowest BCUT2D eigenvalue weighted by Gasteiger charge is -2.13. The second-order valence-electron chi connectivity index (χ2n) is 2.67. The first kappa shape index (κ1) is 12.3. The van der Waals surface area contributed by atoms with Crippen molar-refractivity contribution in [2.75, 3.05) is 20.3 Å². The predicted octanol–water partition coefficient (Wildman–Crippen LogP) is -0.0714. The number of halogens is 1. The summed E-state index contributed by atoms with van der Waals surface area (Å²) in [6, 6.07) is -0.454. The Labute approximate surface area is 95.2 Å². The maximum Gasteiger partial charge on any atom is 0.282 e. The molecule has 0 spiro atoms. The highest BCUT2D eigenvalue weighted by Gasteiger charge is 2.16. The number of aliphatic hydroxyl groups is 1. The highest BCUT2D eigenvalue weighted by atomic mass is 35.5. The predicted molar refractivity (Wildman–Crippen MR) is 55.1 cm³/mol. The van der Waals surface area contributed by atoms with Crippen LogP contribution in [-0.2, 0) is 4.74 Å². The molecule has 2 N–H and O–H groups in total. The van der Waals surface area contributed by atoms with E-state index in [0.29, 0.717) is 0 Å². The van der Waals surface area contributed by atoms with Gasteiger partial charge in [0.2, 0.25) is 9.47 Å². The number of hydrogen-bond donors (Lipinski definition) is 2. The zero-order chi connectivity index (χ0) is 11.3. The van der Waals surface area contributed by atoms with E-state index in [0.717, 1.165) is 11.3 Å². The fourth-order valence-electron chi connectivity index (χ4n) is 0.885. The quantitative estimate of drug-likeness (QED) is 0.765. The largest absolute Gasteiger partial charge is 0.394 e. The minimum absolute atomic E-state index is 0.162. The van der Waals surface area contributed by atoms with Gasteiger partial charge < -0.3 is 15.2 Å². The van der Waals surface area contributed by atoms with E-state index in [-0.39, 0.29) is 22.7 Å². The molecule has 1 unspecified atom stereocenters. The summed E-state index contributed by atoms with van der Waals surface area (Å²) in [6.45, 7) is 0.0287. The van der Waals surface area contributed by atoms with Gasteiger partial charge in [-0.05, 0) is 11.6 Å². The van der Waals surface area contributed by atoms with Crippen LogP contribution >= 0.6 is 22.9 Å². The summed E-state index contributed by atoms with van der Waals surface area (Å²) >= 11 is 6.50.